The van der Waals surface area contributed by atoms with Crippen LogP contribution < -0.4 is 16.7 Å². The van der Waals surface area contributed by atoms with Crippen molar-refractivity contribution in [3.8, 4) is 0 Å². The number of unbranched alkanes of at least 4 members (excludes halogenated alkanes) is 9. The van der Waals surface area contributed by atoms with Crippen molar-refractivity contribution >= 4 is 41.2 Å². The zero-order valence-corrected chi connectivity index (χ0v) is 29.5. The molecule has 14 heteroatoms. The highest BCUT2D eigenvalue weighted by molar-refractivity contribution is 5.80. The van der Waals surface area contributed by atoms with Gasteiger partial charge in [-0.15, -0.1) is 0 Å². The van der Waals surface area contributed by atoms with Crippen LogP contribution in [0, 0.1) is 0 Å². The molecule has 14 nitrogen and oxygen atoms in total. The van der Waals surface area contributed by atoms with Gasteiger partial charge in [0.1, 0.15) is 5.78 Å². The molecule has 0 saturated heterocycles. The number of hydroxylamine groups is 2. The highest BCUT2D eigenvalue weighted by Gasteiger charge is 2.04. The number of ketones is 1. The number of nitrogen functional groups attached to an aromatic ring is 1. The number of hydrogen-bond donors (Lipinski definition) is 8. The molecular formula is C38H61N3O11. The number of carbonyl (C=O) groups excluding carboxylic acids is 3. The van der Waals surface area contributed by atoms with Crippen LogP contribution >= 0.6 is 0 Å². The highest BCUT2D eigenvalue weighted by Crippen LogP contribution is 2.09. The standard InChI is InChI=1S/C15H21NO3.C8H15NO4.C8H14O4.C6H7N.CH4/c17-14(12-13-8-4-3-5-9-13)10-6-1-2-7-11-15(18)16-19;10-7(9-13)5-3-1-2-4-6-8(11)12;9-7(10)5-3-1-2-4-6-8(11)12;7-6-4-2-1-3-5-6;/h3-5,8-9,19H,1-2,6-7,10-12H2,(H,16,18);13H,1-6H2,(H,9,10)(H,11,12);1-6H2,(H,9,10)(H,11,12);1-5H,7H2;1H4. The SMILES string of the molecule is C.Nc1ccccc1.O=C(CCCCCCC(=O)NO)Cc1ccccc1.O=C(O)CCCCCCC(=O)NO.O=C(O)CCCCCCC(=O)O. The number of amides is 2. The van der Waals surface area contributed by atoms with Crippen LogP contribution in [0.2, 0.25) is 0 Å². The number of benzene rings is 2. The van der Waals surface area contributed by atoms with Crippen LogP contribution in [-0.2, 0) is 35.2 Å². The van der Waals surface area contributed by atoms with Crippen molar-refractivity contribution in [3.63, 3.8) is 0 Å². The van der Waals surface area contributed by atoms with Crippen molar-refractivity contribution in [1.82, 2.24) is 11.0 Å². The van der Waals surface area contributed by atoms with Gasteiger partial charge in [0, 0.05) is 50.6 Å². The molecule has 0 radical (unpaired) electrons. The van der Waals surface area contributed by atoms with Crippen LogP contribution in [-0.4, -0.2) is 61.2 Å². The Morgan fingerprint density at radius 1 is 0.462 bits per heavy atom. The average molecular weight is 736 g/mol. The smallest absolute Gasteiger partial charge is 0.303 e. The van der Waals surface area contributed by atoms with E-state index in [0.717, 1.165) is 62.6 Å². The van der Waals surface area contributed by atoms with Crippen molar-refractivity contribution in [2.24, 2.45) is 0 Å². The third-order valence-corrected chi connectivity index (χ3v) is 6.98. The third-order valence-electron chi connectivity index (χ3n) is 6.98. The molecule has 0 bridgehead atoms. The number of carboxylic acid groups (broad SMARTS) is 3. The van der Waals surface area contributed by atoms with E-state index >= 15 is 0 Å². The summed E-state index contributed by atoms with van der Waals surface area (Å²) in [6.45, 7) is 0. The summed E-state index contributed by atoms with van der Waals surface area (Å²) in [5, 5.41) is 41.3. The quantitative estimate of drug-likeness (QED) is 0.0249. The van der Waals surface area contributed by atoms with Crippen molar-refractivity contribution in [3.05, 3.63) is 66.2 Å². The molecule has 9 N–H and O–H groups in total. The Bertz CT molecular complexity index is 1200. The third kappa shape index (κ3) is 41.4. The fraction of sp³-hybridized carbons (Fsp3) is 0.526. The van der Waals surface area contributed by atoms with Gasteiger partial charge in [-0.05, 0) is 56.2 Å². The first-order chi connectivity index (χ1) is 24.4. The summed E-state index contributed by atoms with van der Waals surface area (Å²) in [6.07, 6.45) is 11.6. The predicted octanol–water partition coefficient (Wildman–Crippen LogP) is 6.96. The number of para-hydroxylation sites is 1. The van der Waals surface area contributed by atoms with E-state index in [2.05, 4.69) is 0 Å². The molecule has 0 heterocycles. The van der Waals surface area contributed by atoms with E-state index < -0.39 is 23.8 Å². The first kappa shape index (κ1) is 51.5. The number of rotatable bonds is 23. The Kier molecular flexibility index (Phi) is 37.1. The topological polar surface area (TPSA) is 254 Å². The fourth-order valence-corrected chi connectivity index (χ4v) is 4.26. The number of nitrogens with two attached hydrogens (primary N) is 1. The molecule has 2 aromatic rings. The van der Waals surface area contributed by atoms with Crippen LogP contribution in [0.5, 0.6) is 0 Å². The van der Waals surface area contributed by atoms with Gasteiger partial charge in [-0.2, -0.15) is 0 Å². The van der Waals surface area contributed by atoms with Crippen molar-refractivity contribution < 1.29 is 54.5 Å². The molecule has 52 heavy (non-hydrogen) atoms. The Hall–Kier alpha value is -4.82. The monoisotopic (exact) mass is 735 g/mol. The molecule has 0 aliphatic carbocycles. The van der Waals surface area contributed by atoms with E-state index in [1.807, 2.05) is 60.7 Å². The number of carbonyl (C=O) groups is 6. The molecule has 0 unspecified atom stereocenters. The van der Waals surface area contributed by atoms with E-state index in [1.165, 1.54) is 0 Å². The molecule has 0 fully saturated rings. The zero-order valence-electron chi connectivity index (χ0n) is 29.5. The maximum Gasteiger partial charge on any atom is 0.303 e. The van der Waals surface area contributed by atoms with Gasteiger partial charge in [0.05, 0.1) is 0 Å². The summed E-state index contributed by atoms with van der Waals surface area (Å²) in [5.41, 5.74) is 10.4. The van der Waals surface area contributed by atoms with E-state index in [1.54, 1.807) is 11.0 Å². The lowest BCUT2D eigenvalue weighted by molar-refractivity contribution is -0.138. The minimum absolute atomic E-state index is 0. The summed E-state index contributed by atoms with van der Waals surface area (Å²) in [5.74, 6) is -2.83. The largest absolute Gasteiger partial charge is 0.481 e. The molecule has 294 valence electrons. The molecule has 2 amide bonds. The van der Waals surface area contributed by atoms with Crippen molar-refractivity contribution in [2.75, 3.05) is 5.73 Å². The number of anilines is 1. The maximum absolute atomic E-state index is 11.7. The van der Waals surface area contributed by atoms with Gasteiger partial charge in [-0.3, -0.25) is 39.2 Å². The summed E-state index contributed by atoms with van der Waals surface area (Å²) in [4.78, 5) is 63.1. The zero-order chi connectivity index (χ0) is 38.5. The Morgan fingerprint density at radius 2 is 0.769 bits per heavy atom. The minimum atomic E-state index is -0.784. The molecular weight excluding hydrogens is 674 g/mol. The van der Waals surface area contributed by atoms with Gasteiger partial charge in [-0.1, -0.05) is 94.5 Å². The molecule has 0 aliphatic heterocycles. The summed E-state index contributed by atoms with van der Waals surface area (Å²) in [6, 6.07) is 19.2. The fourth-order valence-electron chi connectivity index (χ4n) is 4.26. The number of aliphatic carboxylic acids is 3. The second kappa shape index (κ2) is 37.4. The van der Waals surface area contributed by atoms with Crippen LogP contribution in [0.1, 0.15) is 129 Å². The molecule has 0 saturated carbocycles. The van der Waals surface area contributed by atoms with Gasteiger partial charge in [0.2, 0.25) is 11.8 Å². The highest BCUT2D eigenvalue weighted by atomic mass is 16.5. The molecule has 0 aromatic heterocycles. The van der Waals surface area contributed by atoms with Gasteiger partial charge >= 0.3 is 17.9 Å². The van der Waals surface area contributed by atoms with E-state index in [-0.39, 0.29) is 38.4 Å². The molecule has 0 aliphatic rings. The van der Waals surface area contributed by atoms with Crippen LogP contribution in [0.4, 0.5) is 5.69 Å². The van der Waals surface area contributed by atoms with Crippen LogP contribution in [0.3, 0.4) is 0 Å². The molecule has 2 rings (SSSR count). The number of Topliss-reactive ketones (excluding diaryl/α,β-unsaturated/α-hetero) is 1. The van der Waals surface area contributed by atoms with Crippen LogP contribution in [0.15, 0.2) is 60.7 Å². The Morgan fingerprint density at radius 3 is 1.06 bits per heavy atom. The first-order valence-electron chi connectivity index (χ1n) is 17.3. The van der Waals surface area contributed by atoms with E-state index in [4.69, 9.17) is 31.5 Å². The lowest BCUT2D eigenvalue weighted by atomic mass is 10.0. The number of carboxylic acids is 3. The van der Waals surface area contributed by atoms with Crippen molar-refractivity contribution in [1.29, 1.82) is 0 Å². The molecule has 2 aromatic carbocycles. The first-order valence-corrected chi connectivity index (χ1v) is 17.3. The van der Waals surface area contributed by atoms with Crippen LogP contribution in [0.25, 0.3) is 0 Å². The van der Waals surface area contributed by atoms with Gasteiger partial charge in [0.15, 0.2) is 0 Å². The van der Waals surface area contributed by atoms with E-state index in [9.17, 15) is 28.8 Å². The number of nitrogens with one attached hydrogen (secondary N) is 2. The van der Waals surface area contributed by atoms with E-state index in [0.29, 0.717) is 51.4 Å². The normalized spacial score (nSPS) is 9.50. The van der Waals surface area contributed by atoms with Crippen molar-refractivity contribution in [2.45, 2.75) is 129 Å². The van der Waals surface area contributed by atoms with Gasteiger partial charge < -0.3 is 21.1 Å². The lowest BCUT2D eigenvalue weighted by Gasteiger charge is -2.02. The maximum atomic E-state index is 11.7. The minimum Gasteiger partial charge on any atom is -0.481 e. The number of hydrogen-bond acceptors (Lipinski definition) is 9. The molecule has 0 spiro atoms. The average Bonchev–Trinajstić information content (AvgIpc) is 3.10. The second-order valence-corrected chi connectivity index (χ2v) is 11.6. The van der Waals surface area contributed by atoms with Gasteiger partial charge in [0.25, 0.3) is 0 Å². The summed E-state index contributed by atoms with van der Waals surface area (Å²) in [7, 11) is 0. The lowest BCUT2D eigenvalue weighted by Crippen LogP contribution is -2.17. The predicted molar refractivity (Wildman–Crippen MR) is 199 cm³/mol. The van der Waals surface area contributed by atoms with Gasteiger partial charge in [-0.25, -0.2) is 11.0 Å². The summed E-state index contributed by atoms with van der Waals surface area (Å²) < 4.78 is 0. The molecule has 0 atom stereocenters. The Balaban J connectivity index is -0.000000644. The summed E-state index contributed by atoms with van der Waals surface area (Å²) >= 11 is 0. The Labute approximate surface area is 307 Å². The second-order valence-electron chi connectivity index (χ2n) is 11.6.